The molecular formula is C26H33NO6. The van der Waals surface area contributed by atoms with Crippen LogP contribution < -0.4 is 0 Å². The second-order valence-electron chi connectivity index (χ2n) is 8.31. The van der Waals surface area contributed by atoms with E-state index >= 15 is 0 Å². The minimum atomic E-state index is -0.764. The minimum absolute atomic E-state index is 0.0320. The molecule has 1 unspecified atom stereocenters. The summed E-state index contributed by atoms with van der Waals surface area (Å²) in [5, 5.41) is 8.87. The topological polar surface area (TPSA) is 95.0 Å². The third-order valence-electron chi connectivity index (χ3n) is 6.03. The molecule has 4 rings (SSSR count). The number of methoxy groups -OCH3 is 1. The zero-order valence-electron chi connectivity index (χ0n) is 19.2. The maximum Gasteiger partial charge on any atom is 0.310 e. The van der Waals surface area contributed by atoms with Gasteiger partial charge in [-0.15, -0.1) is 0 Å². The number of carbonyl (C=O) groups is 2. The number of rotatable bonds is 6. The molecule has 178 valence electrons. The van der Waals surface area contributed by atoms with E-state index in [9.17, 15) is 9.59 Å². The Morgan fingerprint density at radius 2 is 1.76 bits per heavy atom. The summed E-state index contributed by atoms with van der Waals surface area (Å²) < 4.78 is 15.7. The van der Waals surface area contributed by atoms with Crippen LogP contribution in [0.3, 0.4) is 0 Å². The molecule has 1 aromatic heterocycles. The molecule has 2 aliphatic rings. The summed E-state index contributed by atoms with van der Waals surface area (Å²) >= 11 is 0. The monoisotopic (exact) mass is 455 g/mol. The summed E-state index contributed by atoms with van der Waals surface area (Å²) in [6, 6.07) is 11.6. The minimum Gasteiger partial charge on any atom is -0.481 e. The Morgan fingerprint density at radius 1 is 1.00 bits per heavy atom. The number of ether oxygens (including phenoxy) is 3. The van der Waals surface area contributed by atoms with Gasteiger partial charge in [-0.05, 0) is 60.8 Å². The van der Waals surface area contributed by atoms with Crippen LogP contribution in [-0.2, 0) is 36.6 Å². The number of nitrogens with zero attached hydrogens (tertiary/aromatic N) is 1. The molecule has 2 aromatic rings. The summed E-state index contributed by atoms with van der Waals surface area (Å²) in [5.41, 5.74) is 3.93. The molecule has 2 saturated heterocycles. The first-order chi connectivity index (χ1) is 16.1. The van der Waals surface area contributed by atoms with E-state index in [-0.39, 0.29) is 24.9 Å². The van der Waals surface area contributed by atoms with Crippen LogP contribution in [0, 0.1) is 0 Å². The Bertz CT molecular complexity index is 903. The molecular weight excluding hydrogens is 422 g/mol. The average Bonchev–Trinajstić information content (AvgIpc) is 2.86. The molecule has 0 bridgehead atoms. The van der Waals surface area contributed by atoms with Crippen molar-refractivity contribution in [1.29, 1.82) is 0 Å². The fraction of sp³-hybridized carbons (Fsp3) is 0.500. The van der Waals surface area contributed by atoms with Crippen LogP contribution in [-0.4, -0.2) is 49.0 Å². The molecule has 7 heteroatoms. The van der Waals surface area contributed by atoms with Gasteiger partial charge in [0.2, 0.25) is 0 Å². The number of carboxylic acid groups (broad SMARTS) is 1. The van der Waals surface area contributed by atoms with E-state index in [0.29, 0.717) is 5.92 Å². The summed E-state index contributed by atoms with van der Waals surface area (Å²) in [6.07, 6.45) is 7.39. The van der Waals surface area contributed by atoms with Crippen molar-refractivity contribution < 1.29 is 28.9 Å². The van der Waals surface area contributed by atoms with Crippen molar-refractivity contribution in [2.75, 3.05) is 26.9 Å². The normalized spacial score (nSPS) is 18.6. The summed E-state index contributed by atoms with van der Waals surface area (Å²) in [6.45, 7) is 2.34. The molecule has 1 aromatic carbocycles. The van der Waals surface area contributed by atoms with Crippen molar-refractivity contribution in [2.45, 2.75) is 57.0 Å². The predicted octanol–water partition coefficient (Wildman–Crippen LogP) is 4.25. The maximum absolute atomic E-state index is 11.3. The lowest BCUT2D eigenvalue weighted by molar-refractivity contribution is -0.140. The van der Waals surface area contributed by atoms with Gasteiger partial charge in [-0.3, -0.25) is 14.6 Å². The first-order valence-corrected chi connectivity index (χ1v) is 11.6. The Kier molecular flexibility index (Phi) is 9.84. The number of aliphatic carboxylic acids is 1. The van der Waals surface area contributed by atoms with Gasteiger partial charge in [-0.1, -0.05) is 30.3 Å². The van der Waals surface area contributed by atoms with E-state index in [1.807, 2.05) is 36.4 Å². The lowest BCUT2D eigenvalue weighted by Crippen LogP contribution is -2.16. The zero-order valence-corrected chi connectivity index (χ0v) is 19.2. The van der Waals surface area contributed by atoms with Gasteiger partial charge in [0.25, 0.3) is 0 Å². The van der Waals surface area contributed by atoms with Crippen LogP contribution in [0.25, 0.3) is 0 Å². The second kappa shape index (κ2) is 13.1. The Labute approximate surface area is 195 Å². The van der Waals surface area contributed by atoms with E-state index in [1.165, 1.54) is 12.7 Å². The quantitative estimate of drug-likeness (QED) is 0.651. The third kappa shape index (κ3) is 7.65. The predicted molar refractivity (Wildman–Crippen MR) is 123 cm³/mol. The van der Waals surface area contributed by atoms with E-state index < -0.39 is 5.97 Å². The molecule has 3 heterocycles. The number of carboxylic acids is 1. The summed E-state index contributed by atoms with van der Waals surface area (Å²) in [4.78, 5) is 26.5. The van der Waals surface area contributed by atoms with Gasteiger partial charge in [0, 0.05) is 26.0 Å². The standard InChI is InChI=1S/C13H17NO3.C13H16O3/c1-16-12(15)9-10-5-4-7-14-13(10)11-6-2-3-8-17-11;14-13(15)9-11-3-1-2-4-12(11)10-5-7-16-8-6-10/h4-5,7,11H,2-3,6,8-9H2,1H3;1-4,10H,5-9H2,(H,14,15). The van der Waals surface area contributed by atoms with E-state index in [0.717, 1.165) is 68.7 Å². The number of esters is 1. The number of hydrogen-bond donors (Lipinski definition) is 1. The number of pyridine rings is 1. The molecule has 2 fully saturated rings. The first-order valence-electron chi connectivity index (χ1n) is 11.6. The largest absolute Gasteiger partial charge is 0.481 e. The Morgan fingerprint density at radius 3 is 2.45 bits per heavy atom. The van der Waals surface area contributed by atoms with Crippen molar-refractivity contribution in [3.63, 3.8) is 0 Å². The van der Waals surface area contributed by atoms with Crippen LogP contribution in [0.5, 0.6) is 0 Å². The van der Waals surface area contributed by atoms with Crippen molar-refractivity contribution in [2.24, 2.45) is 0 Å². The highest BCUT2D eigenvalue weighted by Gasteiger charge is 2.21. The molecule has 33 heavy (non-hydrogen) atoms. The van der Waals surface area contributed by atoms with Gasteiger partial charge in [-0.25, -0.2) is 0 Å². The molecule has 0 spiro atoms. The third-order valence-corrected chi connectivity index (χ3v) is 6.03. The summed E-state index contributed by atoms with van der Waals surface area (Å²) in [5.74, 6) is -0.543. The zero-order chi connectivity index (χ0) is 23.5. The van der Waals surface area contributed by atoms with Gasteiger partial charge in [0.05, 0.1) is 31.7 Å². The van der Waals surface area contributed by atoms with Crippen LogP contribution in [0.2, 0.25) is 0 Å². The van der Waals surface area contributed by atoms with E-state index in [1.54, 1.807) is 6.20 Å². The first kappa shape index (κ1) is 24.9. The highest BCUT2D eigenvalue weighted by molar-refractivity contribution is 5.72. The van der Waals surface area contributed by atoms with Crippen LogP contribution in [0.15, 0.2) is 42.6 Å². The highest BCUT2D eigenvalue weighted by atomic mass is 16.5. The van der Waals surface area contributed by atoms with Crippen LogP contribution in [0.1, 0.15) is 66.5 Å². The second-order valence-corrected chi connectivity index (χ2v) is 8.31. The molecule has 7 nitrogen and oxygen atoms in total. The summed E-state index contributed by atoms with van der Waals surface area (Å²) in [7, 11) is 1.40. The smallest absolute Gasteiger partial charge is 0.310 e. The molecule has 1 atom stereocenters. The Hall–Kier alpha value is -2.77. The average molecular weight is 456 g/mol. The maximum atomic E-state index is 11.3. The van der Waals surface area contributed by atoms with Crippen LogP contribution >= 0.6 is 0 Å². The lowest BCUT2D eigenvalue weighted by Gasteiger charge is -2.24. The van der Waals surface area contributed by atoms with Crippen molar-refractivity contribution in [1.82, 2.24) is 4.98 Å². The number of hydrogen-bond acceptors (Lipinski definition) is 6. The van der Waals surface area contributed by atoms with Gasteiger partial charge in [0.15, 0.2) is 0 Å². The van der Waals surface area contributed by atoms with Crippen molar-refractivity contribution in [3.8, 4) is 0 Å². The Balaban J connectivity index is 0.000000186. The fourth-order valence-corrected chi connectivity index (χ4v) is 4.34. The molecule has 0 saturated carbocycles. The molecule has 0 amide bonds. The fourth-order valence-electron chi connectivity index (χ4n) is 4.34. The molecule has 1 N–H and O–H groups in total. The van der Waals surface area contributed by atoms with Crippen molar-refractivity contribution in [3.05, 3.63) is 65.0 Å². The van der Waals surface area contributed by atoms with Gasteiger partial charge in [-0.2, -0.15) is 0 Å². The van der Waals surface area contributed by atoms with Gasteiger partial charge in [0.1, 0.15) is 0 Å². The molecule has 0 aliphatic carbocycles. The highest BCUT2D eigenvalue weighted by Crippen LogP contribution is 2.30. The SMILES string of the molecule is COC(=O)Cc1cccnc1C1CCCCO1.O=C(O)Cc1ccccc1C1CCOCC1. The van der Waals surface area contributed by atoms with Gasteiger partial charge >= 0.3 is 11.9 Å². The molecule has 2 aliphatic heterocycles. The van der Waals surface area contributed by atoms with Gasteiger partial charge < -0.3 is 19.3 Å². The van der Waals surface area contributed by atoms with E-state index in [4.69, 9.17) is 14.6 Å². The number of carbonyl (C=O) groups excluding carboxylic acids is 1. The number of benzene rings is 1. The lowest BCUT2D eigenvalue weighted by atomic mass is 9.87. The van der Waals surface area contributed by atoms with Crippen LogP contribution in [0.4, 0.5) is 0 Å². The molecule has 0 radical (unpaired) electrons. The van der Waals surface area contributed by atoms with Crippen molar-refractivity contribution >= 4 is 11.9 Å². The number of aromatic nitrogens is 1. The van der Waals surface area contributed by atoms with E-state index in [2.05, 4.69) is 9.72 Å².